The number of nitrogens with zero attached hydrogens (tertiary/aromatic N) is 1. The van der Waals surface area contributed by atoms with Gasteiger partial charge in [-0.05, 0) is 29.3 Å². The number of benzene rings is 3. The number of hydrogen-bond acceptors (Lipinski definition) is 1. The second kappa shape index (κ2) is 9.55. The van der Waals surface area contributed by atoms with Gasteiger partial charge in [0.2, 0.25) is 0 Å². The average molecular weight is 372 g/mol. The lowest BCUT2D eigenvalue weighted by Crippen LogP contribution is -2.29. The molecule has 0 aliphatic heterocycles. The van der Waals surface area contributed by atoms with Crippen LogP contribution in [0.25, 0.3) is 0 Å². The molecule has 0 aromatic heterocycles. The lowest BCUT2D eigenvalue weighted by atomic mass is 10.1. The molecule has 0 unspecified atom stereocenters. The van der Waals surface area contributed by atoms with E-state index >= 15 is 0 Å². The Morgan fingerprint density at radius 3 is 1.65 bits per heavy atom. The number of anilines is 1. The van der Waals surface area contributed by atoms with E-state index in [0.29, 0.717) is 5.16 Å². The van der Waals surface area contributed by atoms with Crippen molar-refractivity contribution in [3.05, 3.63) is 90.5 Å². The smallest absolute Gasteiger partial charge is 0.0811 e. The first-order valence-electron chi connectivity index (χ1n) is 9.10. The number of hydrogen-bond donors (Lipinski definition) is 0. The third-order valence-corrected chi connectivity index (χ3v) is 7.88. The van der Waals surface area contributed by atoms with Gasteiger partial charge in [0, 0.05) is 19.8 Å². The minimum atomic E-state index is 0.716. The molecule has 0 saturated carbocycles. The molecule has 3 aromatic carbocycles. The summed E-state index contributed by atoms with van der Waals surface area (Å²) in [5, 5.41) is 3.67. The van der Waals surface area contributed by atoms with Gasteiger partial charge in [0.25, 0.3) is 0 Å². The SMILES string of the molecule is CN(C)c1ccc(CCC([Si]c2ccccc2)[Si]c2ccccc2)cc1. The summed E-state index contributed by atoms with van der Waals surface area (Å²) >= 11 is 0. The summed E-state index contributed by atoms with van der Waals surface area (Å²) in [4.78, 5) is 2.15. The summed E-state index contributed by atoms with van der Waals surface area (Å²) < 4.78 is 0. The van der Waals surface area contributed by atoms with E-state index in [0.717, 1.165) is 25.5 Å². The van der Waals surface area contributed by atoms with E-state index in [1.54, 1.807) is 0 Å². The Kier molecular flexibility index (Phi) is 6.86. The molecule has 0 N–H and O–H groups in total. The van der Waals surface area contributed by atoms with Crippen molar-refractivity contribution in [1.82, 2.24) is 0 Å². The molecule has 4 radical (unpaired) electrons. The lowest BCUT2D eigenvalue weighted by molar-refractivity contribution is 0.876. The molecule has 0 heterocycles. The van der Waals surface area contributed by atoms with Crippen LogP contribution in [0.2, 0.25) is 5.16 Å². The largest absolute Gasteiger partial charge is 0.378 e. The maximum Gasteiger partial charge on any atom is 0.0811 e. The molecule has 0 saturated heterocycles. The van der Waals surface area contributed by atoms with Crippen molar-refractivity contribution in [1.29, 1.82) is 0 Å². The monoisotopic (exact) mass is 371 g/mol. The van der Waals surface area contributed by atoms with E-state index in [9.17, 15) is 0 Å². The fourth-order valence-corrected chi connectivity index (χ4v) is 6.36. The Morgan fingerprint density at radius 2 is 1.19 bits per heavy atom. The van der Waals surface area contributed by atoms with Crippen LogP contribution in [-0.4, -0.2) is 33.1 Å². The van der Waals surface area contributed by atoms with E-state index < -0.39 is 0 Å². The van der Waals surface area contributed by atoms with E-state index in [-0.39, 0.29) is 0 Å². The van der Waals surface area contributed by atoms with Crippen LogP contribution >= 0.6 is 0 Å². The summed E-state index contributed by atoms with van der Waals surface area (Å²) in [5.74, 6) is 0. The fourth-order valence-electron chi connectivity index (χ4n) is 2.92. The number of rotatable bonds is 8. The maximum absolute atomic E-state index is 2.28. The minimum Gasteiger partial charge on any atom is -0.378 e. The van der Waals surface area contributed by atoms with Gasteiger partial charge in [0.05, 0.1) is 19.0 Å². The van der Waals surface area contributed by atoms with Crippen LogP contribution in [0.3, 0.4) is 0 Å². The molecule has 0 bridgehead atoms. The molecule has 0 spiro atoms. The standard InChI is InChI=1S/C23H25NSi2/c1-24(2)20-16-13-19(14-17-20)15-18-23(25-21-9-5-3-6-10-21)26-22-11-7-4-8-12-22/h3-14,16-17,23H,15,18H2,1-2H3. The molecule has 0 amide bonds. The molecule has 0 fully saturated rings. The lowest BCUT2D eigenvalue weighted by Gasteiger charge is -2.17. The zero-order valence-electron chi connectivity index (χ0n) is 15.5. The topological polar surface area (TPSA) is 3.24 Å². The Morgan fingerprint density at radius 1 is 0.692 bits per heavy atom. The molecule has 0 atom stereocenters. The first-order chi connectivity index (χ1) is 12.7. The summed E-state index contributed by atoms with van der Waals surface area (Å²) in [6, 6.07) is 30.9. The fraction of sp³-hybridized carbons (Fsp3) is 0.217. The van der Waals surface area contributed by atoms with Gasteiger partial charge in [0.1, 0.15) is 0 Å². The molecule has 130 valence electrons. The predicted molar refractivity (Wildman–Crippen MR) is 117 cm³/mol. The molecule has 3 rings (SSSR count). The highest BCUT2D eigenvalue weighted by molar-refractivity contribution is 6.73. The highest BCUT2D eigenvalue weighted by atomic mass is 28.3. The van der Waals surface area contributed by atoms with Gasteiger partial charge in [0.15, 0.2) is 0 Å². The zero-order chi connectivity index (χ0) is 18.2. The van der Waals surface area contributed by atoms with Gasteiger partial charge in [-0.15, -0.1) is 0 Å². The predicted octanol–water partition coefficient (Wildman–Crippen LogP) is 3.49. The quantitative estimate of drug-likeness (QED) is 0.548. The Labute approximate surface area is 162 Å². The van der Waals surface area contributed by atoms with Gasteiger partial charge in [-0.25, -0.2) is 0 Å². The summed E-state index contributed by atoms with van der Waals surface area (Å²) in [6.45, 7) is 0. The third kappa shape index (κ3) is 5.72. The van der Waals surface area contributed by atoms with Crippen molar-refractivity contribution < 1.29 is 0 Å². The van der Waals surface area contributed by atoms with Crippen LogP contribution in [0.4, 0.5) is 5.69 Å². The highest BCUT2D eigenvalue weighted by Gasteiger charge is 2.13. The van der Waals surface area contributed by atoms with Crippen molar-refractivity contribution in [2.24, 2.45) is 0 Å². The van der Waals surface area contributed by atoms with Crippen LogP contribution in [0.1, 0.15) is 12.0 Å². The molecule has 3 aromatic rings. The Balaban J connectivity index is 1.66. The minimum absolute atomic E-state index is 0.716. The molecule has 1 nitrogen and oxygen atoms in total. The van der Waals surface area contributed by atoms with E-state index in [1.807, 2.05) is 0 Å². The Bertz CT molecular complexity index is 729. The van der Waals surface area contributed by atoms with Gasteiger partial charge in [-0.3, -0.25) is 0 Å². The van der Waals surface area contributed by atoms with Gasteiger partial charge < -0.3 is 4.90 Å². The third-order valence-electron chi connectivity index (χ3n) is 4.40. The first-order valence-corrected chi connectivity index (χ1v) is 11.3. The second-order valence-electron chi connectivity index (χ2n) is 6.67. The second-order valence-corrected chi connectivity index (χ2v) is 10.4. The molecule has 0 aliphatic rings. The van der Waals surface area contributed by atoms with Crippen molar-refractivity contribution in [2.75, 3.05) is 19.0 Å². The van der Waals surface area contributed by atoms with Gasteiger partial charge >= 0.3 is 0 Å². The van der Waals surface area contributed by atoms with Crippen LogP contribution in [0.15, 0.2) is 84.9 Å². The molecule has 0 aliphatic carbocycles. The summed E-state index contributed by atoms with van der Waals surface area (Å²) in [5.41, 5.74) is 2.71. The highest BCUT2D eigenvalue weighted by Crippen LogP contribution is 2.17. The van der Waals surface area contributed by atoms with E-state index in [1.165, 1.54) is 28.0 Å². The molecular formula is C23H25NSi2. The van der Waals surface area contributed by atoms with E-state index in [2.05, 4.69) is 104 Å². The van der Waals surface area contributed by atoms with Crippen LogP contribution in [-0.2, 0) is 6.42 Å². The van der Waals surface area contributed by atoms with Crippen molar-refractivity contribution in [3.63, 3.8) is 0 Å². The Hall–Kier alpha value is -2.11. The molecular weight excluding hydrogens is 346 g/mol. The maximum atomic E-state index is 2.28. The van der Waals surface area contributed by atoms with Crippen LogP contribution in [0.5, 0.6) is 0 Å². The van der Waals surface area contributed by atoms with Crippen LogP contribution in [0, 0.1) is 0 Å². The number of aryl methyl sites for hydroxylation is 1. The average Bonchev–Trinajstić information content (AvgIpc) is 2.68. The summed E-state index contributed by atoms with van der Waals surface area (Å²) in [6.07, 6.45) is 2.39. The van der Waals surface area contributed by atoms with Gasteiger partial charge in [-0.1, -0.05) is 89.6 Å². The van der Waals surface area contributed by atoms with Crippen molar-refractivity contribution >= 4 is 35.1 Å². The zero-order valence-corrected chi connectivity index (χ0v) is 17.5. The van der Waals surface area contributed by atoms with E-state index in [4.69, 9.17) is 0 Å². The molecule has 3 heteroatoms. The van der Waals surface area contributed by atoms with Gasteiger partial charge in [-0.2, -0.15) is 0 Å². The van der Waals surface area contributed by atoms with Crippen LogP contribution < -0.4 is 15.3 Å². The normalized spacial score (nSPS) is 10.9. The summed E-state index contributed by atoms with van der Waals surface area (Å²) in [7, 11) is 5.92. The van der Waals surface area contributed by atoms with Crippen molar-refractivity contribution in [3.8, 4) is 0 Å². The first kappa shape index (κ1) is 18.7. The van der Waals surface area contributed by atoms with Crippen molar-refractivity contribution in [2.45, 2.75) is 18.0 Å². The molecule has 26 heavy (non-hydrogen) atoms.